The molecule has 0 N–H and O–H groups in total. The van der Waals surface area contributed by atoms with Gasteiger partial charge in [-0.1, -0.05) is 36.4 Å². The Bertz CT molecular complexity index is 785. The third-order valence-corrected chi connectivity index (χ3v) is 5.10. The van der Waals surface area contributed by atoms with Gasteiger partial charge in [0.2, 0.25) is 0 Å². The summed E-state index contributed by atoms with van der Waals surface area (Å²) in [5.41, 5.74) is 1.85. The summed E-state index contributed by atoms with van der Waals surface area (Å²) in [6, 6.07) is 14.8. The average molecular weight is 353 g/mol. The van der Waals surface area contributed by atoms with Crippen LogP contribution >= 0.6 is 0 Å². The van der Waals surface area contributed by atoms with Crippen LogP contribution in [0.2, 0.25) is 0 Å². The van der Waals surface area contributed by atoms with Gasteiger partial charge in [-0.3, -0.25) is 4.79 Å². The standard InChI is InChI=1S/C21H23NO4/c1-15(17-6-10-19(25-3)11-7-17)22-13-12-21(2,26-20(22)24)18-8-4-16(14-23)5-9-18/h4-11,14-15H,12-13H2,1-3H3/t15-,21?/m0/s1. The highest BCUT2D eigenvalue weighted by Crippen LogP contribution is 2.36. The van der Waals surface area contributed by atoms with Crippen molar-refractivity contribution >= 4 is 12.4 Å². The van der Waals surface area contributed by atoms with Gasteiger partial charge in [0.25, 0.3) is 0 Å². The van der Waals surface area contributed by atoms with Crippen molar-refractivity contribution in [1.29, 1.82) is 0 Å². The number of nitrogens with zero attached hydrogens (tertiary/aromatic N) is 1. The fourth-order valence-electron chi connectivity index (χ4n) is 3.26. The SMILES string of the molecule is COc1ccc([C@H](C)N2CCC(C)(c3ccc(C=O)cc3)OC2=O)cc1. The van der Waals surface area contributed by atoms with Crippen LogP contribution in [-0.4, -0.2) is 30.9 Å². The summed E-state index contributed by atoms with van der Waals surface area (Å²) in [4.78, 5) is 25.2. The molecule has 0 aliphatic carbocycles. The van der Waals surface area contributed by atoms with Gasteiger partial charge in [0.15, 0.2) is 0 Å². The minimum absolute atomic E-state index is 0.0876. The van der Waals surface area contributed by atoms with E-state index < -0.39 is 5.60 Å². The molecule has 1 fully saturated rings. The second kappa shape index (κ2) is 7.20. The van der Waals surface area contributed by atoms with Crippen molar-refractivity contribution in [2.24, 2.45) is 0 Å². The molecule has 0 radical (unpaired) electrons. The first-order valence-electron chi connectivity index (χ1n) is 8.66. The molecule has 0 spiro atoms. The van der Waals surface area contributed by atoms with Gasteiger partial charge in [-0.05, 0) is 37.1 Å². The van der Waals surface area contributed by atoms with Crippen molar-refractivity contribution in [3.05, 3.63) is 65.2 Å². The lowest BCUT2D eigenvalue weighted by atomic mass is 9.90. The molecule has 3 rings (SSSR count). The summed E-state index contributed by atoms with van der Waals surface area (Å²) in [5.74, 6) is 0.786. The van der Waals surface area contributed by atoms with Gasteiger partial charge in [-0.25, -0.2) is 4.79 Å². The summed E-state index contributed by atoms with van der Waals surface area (Å²) in [6.07, 6.45) is 1.15. The van der Waals surface area contributed by atoms with Crippen molar-refractivity contribution in [1.82, 2.24) is 4.90 Å². The molecule has 136 valence electrons. The number of carbonyl (C=O) groups is 2. The zero-order chi connectivity index (χ0) is 18.7. The van der Waals surface area contributed by atoms with E-state index in [0.29, 0.717) is 18.5 Å². The Morgan fingerprint density at radius 2 is 1.81 bits per heavy atom. The zero-order valence-corrected chi connectivity index (χ0v) is 15.3. The molecule has 0 bridgehead atoms. The van der Waals surface area contributed by atoms with E-state index in [9.17, 15) is 9.59 Å². The number of carbonyl (C=O) groups excluding carboxylic acids is 2. The van der Waals surface area contributed by atoms with Gasteiger partial charge in [0.1, 0.15) is 17.6 Å². The Morgan fingerprint density at radius 3 is 2.35 bits per heavy atom. The zero-order valence-electron chi connectivity index (χ0n) is 15.3. The van der Waals surface area contributed by atoms with Crippen LogP contribution in [0.25, 0.3) is 0 Å². The van der Waals surface area contributed by atoms with Crippen molar-refractivity contribution in [2.45, 2.75) is 31.9 Å². The highest BCUT2D eigenvalue weighted by Gasteiger charge is 2.39. The fourth-order valence-corrected chi connectivity index (χ4v) is 3.26. The van der Waals surface area contributed by atoms with Gasteiger partial charge >= 0.3 is 6.09 Å². The molecule has 1 unspecified atom stereocenters. The average Bonchev–Trinajstić information content (AvgIpc) is 2.67. The highest BCUT2D eigenvalue weighted by atomic mass is 16.6. The largest absolute Gasteiger partial charge is 0.497 e. The van der Waals surface area contributed by atoms with Crippen LogP contribution in [0.4, 0.5) is 4.79 Å². The molecular weight excluding hydrogens is 330 g/mol. The lowest BCUT2D eigenvalue weighted by Crippen LogP contribution is -2.47. The minimum atomic E-state index is -0.686. The number of hydrogen-bond acceptors (Lipinski definition) is 4. The third-order valence-electron chi connectivity index (χ3n) is 5.10. The lowest BCUT2D eigenvalue weighted by molar-refractivity contribution is -0.0491. The van der Waals surface area contributed by atoms with Crippen molar-refractivity contribution in [2.75, 3.05) is 13.7 Å². The normalized spacial score (nSPS) is 21.0. The van der Waals surface area contributed by atoms with E-state index >= 15 is 0 Å². The number of hydrogen-bond donors (Lipinski definition) is 0. The first-order valence-corrected chi connectivity index (χ1v) is 8.66. The maximum atomic E-state index is 12.7. The van der Waals surface area contributed by atoms with Crippen LogP contribution in [0.5, 0.6) is 5.75 Å². The summed E-state index contributed by atoms with van der Waals surface area (Å²) in [7, 11) is 1.63. The van der Waals surface area contributed by atoms with Gasteiger partial charge in [-0.15, -0.1) is 0 Å². The molecule has 1 saturated heterocycles. The third kappa shape index (κ3) is 3.43. The molecule has 1 aliphatic rings. The minimum Gasteiger partial charge on any atom is -0.497 e. The molecule has 0 saturated carbocycles. The number of amides is 1. The predicted molar refractivity (Wildman–Crippen MR) is 98.4 cm³/mol. The molecule has 2 aromatic rings. The Morgan fingerprint density at radius 1 is 1.15 bits per heavy atom. The summed E-state index contributed by atoms with van der Waals surface area (Å²) < 4.78 is 11.0. The molecule has 5 heteroatoms. The maximum Gasteiger partial charge on any atom is 0.411 e. The Balaban J connectivity index is 1.74. The van der Waals surface area contributed by atoms with E-state index in [0.717, 1.165) is 23.2 Å². The van der Waals surface area contributed by atoms with Crippen LogP contribution in [0.1, 0.15) is 47.8 Å². The van der Waals surface area contributed by atoms with Gasteiger partial charge in [0, 0.05) is 18.5 Å². The predicted octanol–water partition coefficient (Wildman–Crippen LogP) is 4.33. The fraction of sp³-hybridized carbons (Fsp3) is 0.333. The topological polar surface area (TPSA) is 55.8 Å². The van der Waals surface area contributed by atoms with Crippen LogP contribution in [0.15, 0.2) is 48.5 Å². The molecule has 1 aliphatic heterocycles. The quantitative estimate of drug-likeness (QED) is 0.751. The number of methoxy groups -OCH3 is 1. The van der Waals surface area contributed by atoms with Gasteiger partial charge in [-0.2, -0.15) is 0 Å². The molecule has 1 amide bonds. The molecule has 5 nitrogen and oxygen atoms in total. The first kappa shape index (κ1) is 18.0. The van der Waals surface area contributed by atoms with Gasteiger partial charge in [0.05, 0.1) is 13.2 Å². The van der Waals surface area contributed by atoms with Crippen LogP contribution in [-0.2, 0) is 10.3 Å². The van der Waals surface area contributed by atoms with E-state index in [1.807, 2.05) is 50.2 Å². The number of rotatable bonds is 5. The molecule has 0 aromatic heterocycles. The molecule has 2 atom stereocenters. The van der Waals surface area contributed by atoms with E-state index in [4.69, 9.17) is 9.47 Å². The van der Waals surface area contributed by atoms with Crippen LogP contribution in [0, 0.1) is 0 Å². The van der Waals surface area contributed by atoms with Crippen molar-refractivity contribution in [3.63, 3.8) is 0 Å². The molecular formula is C21H23NO4. The van der Waals surface area contributed by atoms with Gasteiger partial charge < -0.3 is 14.4 Å². The Hall–Kier alpha value is -2.82. The second-order valence-corrected chi connectivity index (χ2v) is 6.73. The number of aldehydes is 1. The summed E-state index contributed by atoms with van der Waals surface area (Å²) in [6.45, 7) is 4.50. The number of cyclic esters (lactones) is 1. The summed E-state index contributed by atoms with van der Waals surface area (Å²) >= 11 is 0. The van der Waals surface area contributed by atoms with E-state index in [-0.39, 0.29) is 12.1 Å². The Labute approximate surface area is 153 Å². The second-order valence-electron chi connectivity index (χ2n) is 6.73. The monoisotopic (exact) mass is 353 g/mol. The number of ether oxygens (including phenoxy) is 2. The van der Waals surface area contributed by atoms with E-state index in [1.54, 1.807) is 24.1 Å². The highest BCUT2D eigenvalue weighted by molar-refractivity contribution is 5.75. The van der Waals surface area contributed by atoms with Crippen LogP contribution < -0.4 is 4.74 Å². The summed E-state index contributed by atoms with van der Waals surface area (Å²) in [5, 5.41) is 0. The van der Waals surface area contributed by atoms with Crippen LogP contribution in [0.3, 0.4) is 0 Å². The maximum absolute atomic E-state index is 12.7. The molecule has 26 heavy (non-hydrogen) atoms. The lowest BCUT2D eigenvalue weighted by Gasteiger charge is -2.41. The van der Waals surface area contributed by atoms with E-state index in [1.165, 1.54) is 0 Å². The van der Waals surface area contributed by atoms with Crippen molar-refractivity contribution < 1.29 is 19.1 Å². The number of benzene rings is 2. The smallest absolute Gasteiger partial charge is 0.411 e. The Kier molecular flexibility index (Phi) is 4.98. The molecule has 2 aromatic carbocycles. The first-order chi connectivity index (χ1) is 12.5. The van der Waals surface area contributed by atoms with Crippen molar-refractivity contribution in [3.8, 4) is 5.75 Å². The van der Waals surface area contributed by atoms with E-state index in [2.05, 4.69) is 0 Å². The molecule has 1 heterocycles.